The number of aliphatic hydroxyl groups is 1. The smallest absolute Gasteiger partial charge is 0.327 e. The predicted octanol–water partition coefficient (Wildman–Crippen LogP) is 2.27. The van der Waals surface area contributed by atoms with Crippen molar-refractivity contribution >= 4 is 29.2 Å². The molecule has 0 saturated carbocycles. The number of hydrogen-bond acceptors (Lipinski definition) is 4. The SMILES string of the molecule is COC(=O)[C@H](c1cc(Cl)cc(Cl)c1)N1CC[C@@H](O)C1. The van der Waals surface area contributed by atoms with Gasteiger partial charge in [0.05, 0.1) is 13.2 Å². The molecule has 1 aromatic carbocycles. The third kappa shape index (κ3) is 3.39. The molecule has 1 aliphatic heterocycles. The van der Waals surface area contributed by atoms with Crippen molar-refractivity contribution in [3.63, 3.8) is 0 Å². The number of β-amino-alcohol motifs (C(OH)–C–C–N with tert-alkyl or cyclic N) is 1. The Morgan fingerprint density at radius 1 is 1.42 bits per heavy atom. The Kier molecular flexibility index (Phi) is 4.68. The molecule has 1 saturated heterocycles. The van der Waals surface area contributed by atoms with E-state index in [2.05, 4.69) is 0 Å². The maximum atomic E-state index is 12.0. The van der Waals surface area contributed by atoms with Crippen LogP contribution >= 0.6 is 23.2 Å². The maximum absolute atomic E-state index is 12.0. The number of carbonyl (C=O) groups is 1. The monoisotopic (exact) mass is 303 g/mol. The molecule has 0 aliphatic carbocycles. The average Bonchev–Trinajstić information content (AvgIpc) is 2.74. The van der Waals surface area contributed by atoms with Gasteiger partial charge in [0.25, 0.3) is 0 Å². The minimum Gasteiger partial charge on any atom is -0.468 e. The van der Waals surface area contributed by atoms with Gasteiger partial charge in [0.2, 0.25) is 0 Å². The molecular weight excluding hydrogens is 289 g/mol. The number of ether oxygens (including phenoxy) is 1. The molecule has 19 heavy (non-hydrogen) atoms. The van der Waals surface area contributed by atoms with E-state index in [0.29, 0.717) is 35.1 Å². The van der Waals surface area contributed by atoms with Crippen molar-refractivity contribution in [1.82, 2.24) is 4.90 Å². The fourth-order valence-electron chi connectivity index (χ4n) is 2.34. The highest BCUT2D eigenvalue weighted by atomic mass is 35.5. The number of carbonyl (C=O) groups excluding carboxylic acids is 1. The summed E-state index contributed by atoms with van der Waals surface area (Å²) in [5, 5.41) is 10.6. The average molecular weight is 304 g/mol. The van der Waals surface area contributed by atoms with Gasteiger partial charge < -0.3 is 9.84 Å². The first kappa shape index (κ1) is 14.6. The summed E-state index contributed by atoms with van der Waals surface area (Å²) >= 11 is 11.9. The van der Waals surface area contributed by atoms with Gasteiger partial charge in [-0.05, 0) is 30.2 Å². The highest BCUT2D eigenvalue weighted by Gasteiger charge is 2.33. The zero-order chi connectivity index (χ0) is 14.0. The summed E-state index contributed by atoms with van der Waals surface area (Å²) < 4.78 is 4.85. The summed E-state index contributed by atoms with van der Waals surface area (Å²) in [5.41, 5.74) is 0.679. The zero-order valence-corrected chi connectivity index (χ0v) is 12.0. The molecule has 6 heteroatoms. The normalized spacial score (nSPS) is 21.4. The third-order valence-corrected chi connectivity index (χ3v) is 3.62. The molecule has 0 radical (unpaired) electrons. The Morgan fingerprint density at radius 2 is 2.05 bits per heavy atom. The number of methoxy groups -OCH3 is 1. The highest BCUT2D eigenvalue weighted by Crippen LogP contribution is 2.30. The maximum Gasteiger partial charge on any atom is 0.327 e. The van der Waals surface area contributed by atoms with Crippen LogP contribution in [0, 0.1) is 0 Å². The summed E-state index contributed by atoms with van der Waals surface area (Å²) in [6, 6.07) is 4.41. The van der Waals surface area contributed by atoms with Crippen molar-refractivity contribution in [2.75, 3.05) is 20.2 Å². The van der Waals surface area contributed by atoms with Crippen molar-refractivity contribution in [1.29, 1.82) is 0 Å². The minimum absolute atomic E-state index is 0.382. The van der Waals surface area contributed by atoms with E-state index in [9.17, 15) is 9.90 Å². The molecule has 0 amide bonds. The molecule has 0 unspecified atom stereocenters. The van der Waals surface area contributed by atoms with Gasteiger partial charge in [-0.2, -0.15) is 0 Å². The van der Waals surface area contributed by atoms with Gasteiger partial charge in [0, 0.05) is 23.1 Å². The van der Waals surface area contributed by atoms with Gasteiger partial charge in [0.1, 0.15) is 6.04 Å². The molecule has 1 fully saturated rings. The number of benzene rings is 1. The van der Waals surface area contributed by atoms with Gasteiger partial charge in [-0.1, -0.05) is 23.2 Å². The molecule has 1 aromatic rings. The zero-order valence-electron chi connectivity index (χ0n) is 10.5. The Balaban J connectivity index is 2.34. The first-order valence-electron chi connectivity index (χ1n) is 5.97. The number of aliphatic hydroxyl groups excluding tert-OH is 1. The van der Waals surface area contributed by atoms with E-state index >= 15 is 0 Å². The van der Waals surface area contributed by atoms with Crippen molar-refractivity contribution in [2.24, 2.45) is 0 Å². The van der Waals surface area contributed by atoms with Crippen molar-refractivity contribution in [3.8, 4) is 0 Å². The Labute approximate surface area is 121 Å². The molecule has 2 atom stereocenters. The lowest BCUT2D eigenvalue weighted by atomic mass is 10.1. The van der Waals surface area contributed by atoms with Gasteiger partial charge >= 0.3 is 5.97 Å². The molecule has 1 N–H and O–H groups in total. The van der Waals surface area contributed by atoms with Crippen LogP contribution < -0.4 is 0 Å². The van der Waals surface area contributed by atoms with Crippen LogP contribution in [0.4, 0.5) is 0 Å². The Hall–Kier alpha value is -0.810. The van der Waals surface area contributed by atoms with E-state index in [1.807, 2.05) is 4.90 Å². The van der Waals surface area contributed by atoms with Crippen LogP contribution in [-0.4, -0.2) is 42.3 Å². The van der Waals surface area contributed by atoms with Gasteiger partial charge in [0.15, 0.2) is 0 Å². The lowest BCUT2D eigenvalue weighted by Crippen LogP contribution is -2.33. The second kappa shape index (κ2) is 6.09. The predicted molar refractivity (Wildman–Crippen MR) is 73.4 cm³/mol. The molecule has 0 bridgehead atoms. The Bertz CT molecular complexity index is 461. The van der Waals surface area contributed by atoms with Gasteiger partial charge in [-0.25, -0.2) is 4.79 Å². The van der Waals surface area contributed by atoms with E-state index in [-0.39, 0.29) is 5.97 Å². The van der Waals surface area contributed by atoms with E-state index in [1.165, 1.54) is 7.11 Å². The summed E-state index contributed by atoms with van der Waals surface area (Å²) in [6.45, 7) is 1.06. The first-order valence-corrected chi connectivity index (χ1v) is 6.73. The topological polar surface area (TPSA) is 49.8 Å². The fourth-order valence-corrected chi connectivity index (χ4v) is 2.89. The molecule has 4 nitrogen and oxygen atoms in total. The van der Waals surface area contributed by atoms with Crippen LogP contribution in [0.25, 0.3) is 0 Å². The molecule has 0 spiro atoms. The molecule has 0 aromatic heterocycles. The largest absolute Gasteiger partial charge is 0.468 e. The van der Waals surface area contributed by atoms with Crippen LogP contribution in [0.5, 0.6) is 0 Å². The lowest BCUT2D eigenvalue weighted by molar-refractivity contribution is -0.147. The van der Waals surface area contributed by atoms with Crippen molar-refractivity contribution in [2.45, 2.75) is 18.6 Å². The van der Waals surface area contributed by atoms with Crippen LogP contribution in [0.2, 0.25) is 10.0 Å². The van der Waals surface area contributed by atoms with Crippen LogP contribution in [-0.2, 0) is 9.53 Å². The lowest BCUT2D eigenvalue weighted by Gasteiger charge is -2.25. The van der Waals surface area contributed by atoms with Gasteiger partial charge in [-0.15, -0.1) is 0 Å². The number of halogens is 2. The number of rotatable bonds is 3. The number of esters is 1. The number of nitrogens with zero attached hydrogens (tertiary/aromatic N) is 1. The van der Waals surface area contributed by atoms with E-state index in [4.69, 9.17) is 27.9 Å². The first-order chi connectivity index (χ1) is 9.01. The summed E-state index contributed by atoms with van der Waals surface area (Å²) in [7, 11) is 1.34. The molecule has 2 rings (SSSR count). The number of likely N-dealkylation sites (tertiary alicyclic amines) is 1. The van der Waals surface area contributed by atoms with Crippen molar-refractivity contribution in [3.05, 3.63) is 33.8 Å². The van der Waals surface area contributed by atoms with Crippen LogP contribution in [0.15, 0.2) is 18.2 Å². The van der Waals surface area contributed by atoms with Crippen molar-refractivity contribution < 1.29 is 14.6 Å². The third-order valence-electron chi connectivity index (χ3n) is 3.19. The molecular formula is C13H15Cl2NO3. The standard InChI is InChI=1S/C13H15Cl2NO3/c1-19-13(18)12(16-3-2-11(17)7-16)8-4-9(14)6-10(15)5-8/h4-6,11-12,17H,2-3,7H2,1H3/t11-,12+/m1/s1. The summed E-state index contributed by atoms with van der Waals surface area (Å²) in [6.07, 6.45) is 0.226. The van der Waals surface area contributed by atoms with Crippen LogP contribution in [0.1, 0.15) is 18.0 Å². The van der Waals surface area contributed by atoms with Gasteiger partial charge in [-0.3, -0.25) is 4.90 Å². The second-order valence-corrected chi connectivity index (χ2v) is 5.44. The quantitative estimate of drug-likeness (QED) is 0.870. The van der Waals surface area contributed by atoms with E-state index < -0.39 is 12.1 Å². The Morgan fingerprint density at radius 3 is 2.53 bits per heavy atom. The van der Waals surface area contributed by atoms with E-state index in [1.54, 1.807) is 18.2 Å². The summed E-state index contributed by atoms with van der Waals surface area (Å²) in [4.78, 5) is 13.9. The minimum atomic E-state index is -0.585. The van der Waals surface area contributed by atoms with Crippen LogP contribution in [0.3, 0.4) is 0 Å². The fraction of sp³-hybridized carbons (Fsp3) is 0.462. The highest BCUT2D eigenvalue weighted by molar-refractivity contribution is 6.34. The van der Waals surface area contributed by atoms with E-state index in [0.717, 1.165) is 0 Å². The summed E-state index contributed by atoms with van der Waals surface area (Å²) in [5.74, 6) is -0.382. The molecule has 1 aliphatic rings. The second-order valence-electron chi connectivity index (χ2n) is 4.57. The number of hydrogen-bond donors (Lipinski definition) is 1. The molecule has 104 valence electrons. The molecule has 1 heterocycles.